The lowest BCUT2D eigenvalue weighted by Crippen LogP contribution is -2.33. The third-order valence-corrected chi connectivity index (χ3v) is 9.27. The Labute approximate surface area is 282 Å². The van der Waals surface area contributed by atoms with E-state index >= 15 is 0 Å². The largest absolute Gasteiger partial charge is 0.487 e. The summed E-state index contributed by atoms with van der Waals surface area (Å²) in [6.07, 6.45) is 2.62. The van der Waals surface area contributed by atoms with Gasteiger partial charge in [0, 0.05) is 46.3 Å². The second-order valence-electron chi connectivity index (χ2n) is 10.8. The van der Waals surface area contributed by atoms with Gasteiger partial charge in [0.05, 0.1) is 21.2 Å². The molecule has 1 saturated carbocycles. The standard InChI is InChI=1S/C33H30BrClF2N4O4S/c34-21-5-7-22(8-6-21)40-33(44)26-16-23(9-11-28(26)45-18-29(36)37)41-32(43)25-14-19(4-10-27(25)35)17-39-31(42)24-3-1-2-20(24)15-30-38-12-13-46-30/h4-14,16,20,24,29H,1-3,15,17-18H2,(H,39,42)(H,40,44)(H,41,43). The number of nitrogens with one attached hydrogen (secondary N) is 3. The Morgan fingerprint density at radius 1 is 0.978 bits per heavy atom. The van der Waals surface area contributed by atoms with Gasteiger partial charge in [0.25, 0.3) is 18.2 Å². The summed E-state index contributed by atoms with van der Waals surface area (Å²) in [4.78, 5) is 43.9. The number of anilines is 2. The normalized spacial score (nSPS) is 15.8. The molecule has 240 valence electrons. The van der Waals surface area contributed by atoms with Crippen molar-refractivity contribution in [2.24, 2.45) is 11.8 Å². The average molecular weight is 732 g/mol. The summed E-state index contributed by atoms with van der Waals surface area (Å²) in [6, 6.07) is 15.8. The summed E-state index contributed by atoms with van der Waals surface area (Å²) in [5.74, 6) is -1.12. The maximum absolute atomic E-state index is 13.3. The Kier molecular flexibility index (Phi) is 11.4. The molecule has 2 unspecified atom stereocenters. The van der Waals surface area contributed by atoms with Crippen LogP contribution in [0.5, 0.6) is 5.75 Å². The number of alkyl halides is 2. The molecule has 0 bridgehead atoms. The van der Waals surface area contributed by atoms with Crippen LogP contribution in [-0.2, 0) is 17.8 Å². The highest BCUT2D eigenvalue weighted by atomic mass is 79.9. The molecule has 2 atom stereocenters. The number of nitrogens with zero attached hydrogens (tertiary/aromatic N) is 1. The van der Waals surface area contributed by atoms with Crippen LogP contribution in [0.3, 0.4) is 0 Å². The third-order valence-electron chi connectivity index (χ3n) is 7.61. The van der Waals surface area contributed by atoms with Crippen LogP contribution in [0.15, 0.2) is 76.7 Å². The minimum Gasteiger partial charge on any atom is -0.487 e. The van der Waals surface area contributed by atoms with Crippen molar-refractivity contribution in [3.05, 3.63) is 103 Å². The van der Waals surface area contributed by atoms with E-state index in [9.17, 15) is 23.2 Å². The Bertz CT molecular complexity index is 1690. The first kappa shape index (κ1) is 33.5. The van der Waals surface area contributed by atoms with E-state index in [0.717, 1.165) is 35.2 Å². The molecule has 1 aliphatic rings. The first-order valence-corrected chi connectivity index (χ1v) is 16.6. The van der Waals surface area contributed by atoms with Crippen molar-refractivity contribution in [1.29, 1.82) is 0 Å². The molecule has 0 aliphatic heterocycles. The zero-order chi connectivity index (χ0) is 32.6. The second-order valence-corrected chi connectivity index (χ2v) is 13.1. The highest BCUT2D eigenvalue weighted by Gasteiger charge is 2.33. The van der Waals surface area contributed by atoms with Gasteiger partial charge in [-0.25, -0.2) is 13.8 Å². The molecule has 1 fully saturated rings. The number of ether oxygens (including phenoxy) is 1. The van der Waals surface area contributed by atoms with Crippen LogP contribution in [0.1, 0.15) is 50.5 Å². The van der Waals surface area contributed by atoms with Crippen LogP contribution in [-0.4, -0.2) is 35.7 Å². The number of rotatable bonds is 12. The van der Waals surface area contributed by atoms with Crippen LogP contribution in [0, 0.1) is 11.8 Å². The molecular weight excluding hydrogens is 702 g/mol. The highest BCUT2D eigenvalue weighted by Crippen LogP contribution is 2.35. The number of amides is 3. The smallest absolute Gasteiger partial charge is 0.272 e. The number of hydrogen-bond donors (Lipinski definition) is 3. The summed E-state index contributed by atoms with van der Waals surface area (Å²) in [5, 5.41) is 11.6. The van der Waals surface area contributed by atoms with Crippen LogP contribution < -0.4 is 20.7 Å². The van der Waals surface area contributed by atoms with Gasteiger partial charge in [-0.15, -0.1) is 11.3 Å². The maximum Gasteiger partial charge on any atom is 0.272 e. The molecule has 4 aromatic rings. The van der Waals surface area contributed by atoms with Crippen LogP contribution >= 0.6 is 38.9 Å². The molecule has 13 heteroatoms. The molecule has 1 aromatic heterocycles. The molecule has 0 spiro atoms. The van der Waals surface area contributed by atoms with Gasteiger partial charge in [0.2, 0.25) is 5.91 Å². The fourth-order valence-electron chi connectivity index (χ4n) is 5.37. The molecule has 1 aliphatic carbocycles. The minimum atomic E-state index is -2.75. The molecule has 3 N–H and O–H groups in total. The van der Waals surface area contributed by atoms with Crippen molar-refractivity contribution in [3.8, 4) is 5.75 Å². The van der Waals surface area contributed by atoms with Gasteiger partial charge in [-0.2, -0.15) is 0 Å². The topological polar surface area (TPSA) is 109 Å². The van der Waals surface area contributed by atoms with Gasteiger partial charge in [0.15, 0.2) is 0 Å². The summed E-state index contributed by atoms with van der Waals surface area (Å²) >= 11 is 11.3. The van der Waals surface area contributed by atoms with E-state index in [2.05, 4.69) is 36.9 Å². The molecular formula is C33H30BrClF2N4O4S. The lowest BCUT2D eigenvalue weighted by molar-refractivity contribution is -0.126. The number of benzene rings is 3. The van der Waals surface area contributed by atoms with Crippen molar-refractivity contribution >= 4 is 68.0 Å². The highest BCUT2D eigenvalue weighted by molar-refractivity contribution is 9.10. The van der Waals surface area contributed by atoms with Gasteiger partial charge in [-0.1, -0.05) is 40.0 Å². The monoisotopic (exact) mass is 730 g/mol. The molecule has 0 saturated heterocycles. The number of carbonyl (C=O) groups excluding carboxylic acids is 3. The number of hydrogen-bond acceptors (Lipinski definition) is 6. The van der Waals surface area contributed by atoms with Crippen molar-refractivity contribution < 1.29 is 27.9 Å². The van der Waals surface area contributed by atoms with E-state index in [4.69, 9.17) is 16.3 Å². The van der Waals surface area contributed by atoms with Gasteiger partial charge < -0.3 is 20.7 Å². The number of halogens is 4. The van der Waals surface area contributed by atoms with Crippen LogP contribution in [0.2, 0.25) is 5.02 Å². The number of aromatic nitrogens is 1. The predicted octanol–water partition coefficient (Wildman–Crippen LogP) is 7.98. The summed E-state index contributed by atoms with van der Waals surface area (Å²) in [6.45, 7) is -0.691. The van der Waals surface area contributed by atoms with Crippen molar-refractivity contribution in [2.75, 3.05) is 17.2 Å². The van der Waals surface area contributed by atoms with E-state index in [1.54, 1.807) is 60.0 Å². The zero-order valence-corrected chi connectivity index (χ0v) is 27.6. The van der Waals surface area contributed by atoms with E-state index in [-0.39, 0.29) is 51.9 Å². The van der Waals surface area contributed by atoms with Gasteiger partial charge >= 0.3 is 0 Å². The van der Waals surface area contributed by atoms with Crippen LogP contribution in [0.25, 0.3) is 0 Å². The SMILES string of the molecule is O=C(Nc1ccc(OCC(F)F)c(C(=O)Nc2ccc(Br)cc2)c1)c1cc(CNC(=O)C2CCCC2Cc2nccs2)ccc1Cl. The van der Waals surface area contributed by atoms with Crippen molar-refractivity contribution in [2.45, 2.75) is 38.7 Å². The fraction of sp³-hybridized carbons (Fsp3) is 0.273. The van der Waals surface area contributed by atoms with Gasteiger partial charge in [-0.05, 0) is 78.9 Å². The Balaban J connectivity index is 1.26. The molecule has 8 nitrogen and oxygen atoms in total. The number of carbonyl (C=O) groups is 3. The first-order chi connectivity index (χ1) is 22.2. The summed E-state index contributed by atoms with van der Waals surface area (Å²) in [7, 11) is 0. The van der Waals surface area contributed by atoms with Gasteiger partial charge in [-0.3, -0.25) is 14.4 Å². The summed E-state index contributed by atoms with van der Waals surface area (Å²) < 4.78 is 31.8. The minimum absolute atomic E-state index is 0.0249. The van der Waals surface area contributed by atoms with E-state index in [0.29, 0.717) is 11.3 Å². The quantitative estimate of drug-likeness (QED) is 0.137. The van der Waals surface area contributed by atoms with E-state index in [1.165, 1.54) is 18.2 Å². The zero-order valence-electron chi connectivity index (χ0n) is 24.4. The Morgan fingerprint density at radius 3 is 2.46 bits per heavy atom. The molecule has 5 rings (SSSR count). The van der Waals surface area contributed by atoms with Gasteiger partial charge in [0.1, 0.15) is 12.4 Å². The molecule has 1 heterocycles. The molecule has 3 amide bonds. The number of thiazole rings is 1. The second kappa shape index (κ2) is 15.6. The Hall–Kier alpha value is -3.87. The summed E-state index contributed by atoms with van der Waals surface area (Å²) in [5.41, 5.74) is 1.49. The predicted molar refractivity (Wildman–Crippen MR) is 178 cm³/mol. The Morgan fingerprint density at radius 2 is 1.72 bits per heavy atom. The molecule has 46 heavy (non-hydrogen) atoms. The lowest BCUT2D eigenvalue weighted by atomic mass is 9.92. The maximum atomic E-state index is 13.3. The van der Waals surface area contributed by atoms with E-state index < -0.39 is 24.8 Å². The van der Waals surface area contributed by atoms with Crippen molar-refractivity contribution in [3.63, 3.8) is 0 Å². The van der Waals surface area contributed by atoms with Crippen molar-refractivity contribution in [1.82, 2.24) is 10.3 Å². The third kappa shape index (κ3) is 8.89. The van der Waals surface area contributed by atoms with E-state index in [1.807, 2.05) is 5.38 Å². The van der Waals surface area contributed by atoms with Crippen LogP contribution in [0.4, 0.5) is 20.2 Å². The average Bonchev–Trinajstić information content (AvgIpc) is 3.73. The lowest BCUT2D eigenvalue weighted by Gasteiger charge is -2.18. The molecule has 3 aromatic carbocycles. The fourth-order valence-corrected chi connectivity index (χ4v) is 6.55. The molecule has 0 radical (unpaired) electrons. The first-order valence-electron chi connectivity index (χ1n) is 14.5.